The van der Waals surface area contributed by atoms with E-state index < -0.39 is 0 Å². The highest BCUT2D eigenvalue weighted by Gasteiger charge is 2.30. The van der Waals surface area contributed by atoms with Gasteiger partial charge in [0.15, 0.2) is 0 Å². The molecule has 3 nitrogen and oxygen atoms in total. The number of hydrogen-bond donors (Lipinski definition) is 1. The second-order valence-electron chi connectivity index (χ2n) is 5.18. The molecule has 3 rings (SSSR count). The predicted octanol–water partition coefficient (Wildman–Crippen LogP) is 2.89. The van der Waals surface area contributed by atoms with Crippen molar-refractivity contribution in [3.8, 4) is 0 Å². The summed E-state index contributed by atoms with van der Waals surface area (Å²) in [5.41, 5.74) is 2.92. The van der Waals surface area contributed by atoms with Gasteiger partial charge >= 0.3 is 0 Å². The number of nitrogens with one attached hydrogen (secondary N) is 1. The summed E-state index contributed by atoms with van der Waals surface area (Å²) in [6.07, 6.45) is 7.36. The first-order chi connectivity index (χ1) is 9.35. The number of aryl methyl sites for hydroxylation is 2. The number of imidazole rings is 1. The second-order valence-corrected chi connectivity index (χ2v) is 5.18. The Kier molecular flexibility index (Phi) is 3.38. The van der Waals surface area contributed by atoms with Crippen LogP contribution in [0.2, 0.25) is 0 Å². The smallest absolute Gasteiger partial charge is 0.108 e. The van der Waals surface area contributed by atoms with E-state index >= 15 is 0 Å². The number of aromatic nitrogens is 2. The SMILES string of the molecule is CCc1nccn1C1CCc2ccccc2C1NC. The van der Waals surface area contributed by atoms with E-state index in [1.807, 2.05) is 6.20 Å². The lowest BCUT2D eigenvalue weighted by molar-refractivity contribution is 0.326. The Morgan fingerprint density at radius 3 is 3.00 bits per heavy atom. The largest absolute Gasteiger partial charge is 0.330 e. The molecule has 19 heavy (non-hydrogen) atoms. The van der Waals surface area contributed by atoms with Crippen molar-refractivity contribution in [1.29, 1.82) is 0 Å². The molecule has 1 aromatic carbocycles. The molecule has 0 saturated heterocycles. The second kappa shape index (κ2) is 5.17. The third-order valence-corrected chi connectivity index (χ3v) is 4.22. The van der Waals surface area contributed by atoms with Crippen molar-refractivity contribution in [1.82, 2.24) is 14.9 Å². The van der Waals surface area contributed by atoms with Gasteiger partial charge in [-0.3, -0.25) is 0 Å². The fourth-order valence-corrected chi connectivity index (χ4v) is 3.31. The number of fused-ring (bicyclic) bond motifs is 1. The molecule has 100 valence electrons. The van der Waals surface area contributed by atoms with Gasteiger partial charge in [-0.1, -0.05) is 31.2 Å². The van der Waals surface area contributed by atoms with Crippen molar-refractivity contribution in [2.75, 3.05) is 7.05 Å². The van der Waals surface area contributed by atoms with Gasteiger partial charge in [-0.2, -0.15) is 0 Å². The van der Waals surface area contributed by atoms with E-state index in [1.165, 1.54) is 23.4 Å². The molecule has 0 aliphatic heterocycles. The number of nitrogens with zero attached hydrogens (tertiary/aromatic N) is 2. The average Bonchev–Trinajstić information content (AvgIpc) is 2.94. The third-order valence-electron chi connectivity index (χ3n) is 4.22. The highest BCUT2D eigenvalue weighted by atomic mass is 15.1. The van der Waals surface area contributed by atoms with E-state index in [2.05, 4.69) is 59.3 Å². The average molecular weight is 255 g/mol. The maximum absolute atomic E-state index is 4.47. The molecule has 1 N–H and O–H groups in total. The summed E-state index contributed by atoms with van der Waals surface area (Å²) >= 11 is 0. The quantitative estimate of drug-likeness (QED) is 0.914. The molecule has 2 aromatic rings. The molecule has 0 bridgehead atoms. The maximum atomic E-state index is 4.47. The van der Waals surface area contributed by atoms with E-state index in [9.17, 15) is 0 Å². The fourth-order valence-electron chi connectivity index (χ4n) is 3.31. The van der Waals surface area contributed by atoms with Crippen molar-refractivity contribution in [3.05, 3.63) is 53.6 Å². The monoisotopic (exact) mass is 255 g/mol. The van der Waals surface area contributed by atoms with Crippen LogP contribution in [0, 0.1) is 0 Å². The molecule has 1 aromatic heterocycles. The van der Waals surface area contributed by atoms with E-state index in [-0.39, 0.29) is 0 Å². The highest BCUT2D eigenvalue weighted by Crippen LogP contribution is 2.37. The lowest BCUT2D eigenvalue weighted by atomic mass is 9.84. The van der Waals surface area contributed by atoms with Gasteiger partial charge < -0.3 is 9.88 Å². The first-order valence-electron chi connectivity index (χ1n) is 7.12. The molecular weight excluding hydrogens is 234 g/mol. The number of hydrogen-bond acceptors (Lipinski definition) is 2. The van der Waals surface area contributed by atoms with Crippen LogP contribution >= 0.6 is 0 Å². The van der Waals surface area contributed by atoms with E-state index in [0.29, 0.717) is 12.1 Å². The summed E-state index contributed by atoms with van der Waals surface area (Å²) in [6.45, 7) is 2.17. The van der Waals surface area contributed by atoms with Crippen LogP contribution in [0.15, 0.2) is 36.7 Å². The topological polar surface area (TPSA) is 29.9 Å². The van der Waals surface area contributed by atoms with Gasteiger partial charge in [-0.25, -0.2) is 4.98 Å². The summed E-state index contributed by atoms with van der Waals surface area (Å²) in [7, 11) is 2.06. The van der Waals surface area contributed by atoms with Crippen LogP contribution in [0.3, 0.4) is 0 Å². The van der Waals surface area contributed by atoms with Crippen LogP contribution in [0.4, 0.5) is 0 Å². The van der Waals surface area contributed by atoms with Crippen molar-refractivity contribution in [2.45, 2.75) is 38.3 Å². The number of benzene rings is 1. The Morgan fingerprint density at radius 1 is 1.37 bits per heavy atom. The molecule has 2 unspecified atom stereocenters. The first-order valence-corrected chi connectivity index (χ1v) is 7.12. The minimum atomic E-state index is 0.379. The van der Waals surface area contributed by atoms with E-state index in [1.54, 1.807) is 0 Å². The molecule has 0 fully saturated rings. The van der Waals surface area contributed by atoms with E-state index in [4.69, 9.17) is 0 Å². The van der Waals surface area contributed by atoms with Gasteiger partial charge in [0.1, 0.15) is 5.82 Å². The van der Waals surface area contributed by atoms with Gasteiger partial charge in [0, 0.05) is 18.8 Å². The van der Waals surface area contributed by atoms with Crippen LogP contribution in [0.1, 0.15) is 42.4 Å². The van der Waals surface area contributed by atoms with Gasteiger partial charge in [0.2, 0.25) is 0 Å². The molecule has 0 saturated carbocycles. The highest BCUT2D eigenvalue weighted by molar-refractivity contribution is 5.33. The molecule has 1 aliphatic carbocycles. The minimum Gasteiger partial charge on any atom is -0.330 e. The van der Waals surface area contributed by atoms with E-state index in [0.717, 1.165) is 12.8 Å². The summed E-state index contributed by atoms with van der Waals surface area (Å²) in [5, 5.41) is 3.50. The molecule has 2 atom stereocenters. The van der Waals surface area contributed by atoms with Crippen LogP contribution < -0.4 is 5.32 Å². The predicted molar refractivity (Wildman–Crippen MR) is 77.2 cm³/mol. The zero-order chi connectivity index (χ0) is 13.2. The summed E-state index contributed by atoms with van der Waals surface area (Å²) in [5.74, 6) is 1.18. The molecule has 0 radical (unpaired) electrons. The van der Waals surface area contributed by atoms with Gasteiger partial charge in [0.25, 0.3) is 0 Å². The molecule has 1 heterocycles. The summed E-state index contributed by atoms with van der Waals surface area (Å²) in [4.78, 5) is 4.47. The summed E-state index contributed by atoms with van der Waals surface area (Å²) in [6, 6.07) is 9.64. The Morgan fingerprint density at radius 2 is 2.21 bits per heavy atom. The molecule has 1 aliphatic rings. The molecular formula is C16H21N3. The normalized spacial score (nSPS) is 22.2. The Hall–Kier alpha value is -1.61. The number of rotatable bonds is 3. The van der Waals surface area contributed by atoms with Gasteiger partial charge in [-0.15, -0.1) is 0 Å². The lowest BCUT2D eigenvalue weighted by Gasteiger charge is -2.35. The lowest BCUT2D eigenvalue weighted by Crippen LogP contribution is -2.32. The van der Waals surface area contributed by atoms with Crippen molar-refractivity contribution in [2.24, 2.45) is 0 Å². The zero-order valence-corrected chi connectivity index (χ0v) is 11.6. The van der Waals surface area contributed by atoms with Crippen molar-refractivity contribution < 1.29 is 0 Å². The van der Waals surface area contributed by atoms with Gasteiger partial charge in [0.05, 0.1) is 12.1 Å². The number of likely N-dealkylation sites (N-methyl/N-ethyl adjacent to an activating group) is 1. The minimum absolute atomic E-state index is 0.379. The molecule has 0 amide bonds. The van der Waals surface area contributed by atoms with Crippen LogP contribution in [0.25, 0.3) is 0 Å². The fraction of sp³-hybridized carbons (Fsp3) is 0.438. The standard InChI is InChI=1S/C16H21N3/c1-3-15-18-10-11-19(15)14-9-8-12-6-4-5-7-13(12)16(14)17-2/h4-7,10-11,14,16-17H,3,8-9H2,1-2H3. The van der Waals surface area contributed by atoms with Crippen LogP contribution in [-0.4, -0.2) is 16.6 Å². The van der Waals surface area contributed by atoms with Crippen molar-refractivity contribution in [3.63, 3.8) is 0 Å². The summed E-state index contributed by atoms with van der Waals surface area (Å²) < 4.78 is 2.36. The Bertz CT molecular complexity index is 559. The van der Waals surface area contributed by atoms with Crippen LogP contribution in [-0.2, 0) is 12.8 Å². The molecule has 3 heteroatoms. The third kappa shape index (κ3) is 2.08. The van der Waals surface area contributed by atoms with Crippen molar-refractivity contribution >= 4 is 0 Å². The first kappa shape index (κ1) is 12.4. The van der Waals surface area contributed by atoms with Gasteiger partial charge in [-0.05, 0) is 31.0 Å². The zero-order valence-electron chi connectivity index (χ0n) is 11.6. The Balaban J connectivity index is 2.01. The Labute approximate surface area is 114 Å². The molecule has 0 spiro atoms. The maximum Gasteiger partial charge on any atom is 0.108 e. The van der Waals surface area contributed by atoms with Crippen LogP contribution in [0.5, 0.6) is 0 Å².